The Morgan fingerprint density at radius 1 is 1.05 bits per heavy atom. The molecule has 0 aliphatic carbocycles. The molecule has 0 N–H and O–H groups in total. The number of rotatable bonds is 5. The van der Waals surface area contributed by atoms with Gasteiger partial charge in [0.1, 0.15) is 5.75 Å². The lowest BCUT2D eigenvalue weighted by Gasteiger charge is -2.22. The molecule has 2 unspecified atom stereocenters. The topological polar surface area (TPSA) is 9.23 Å². The van der Waals surface area contributed by atoms with Crippen LogP contribution in [0.25, 0.3) is 0 Å². The van der Waals surface area contributed by atoms with Gasteiger partial charge in [0.25, 0.3) is 0 Å². The molecule has 0 heterocycles. The fourth-order valence-electron chi connectivity index (χ4n) is 2.40. The van der Waals surface area contributed by atoms with E-state index in [2.05, 4.69) is 19.1 Å². The van der Waals surface area contributed by atoms with Crippen molar-refractivity contribution < 1.29 is 4.74 Å². The molecular weight excluding hydrogens is 291 g/mol. The number of alkyl halides is 1. The highest BCUT2D eigenvalue weighted by Gasteiger charge is 2.21. The normalized spacial score (nSPS) is 13.8. The summed E-state index contributed by atoms with van der Waals surface area (Å²) in [5.74, 6) is 0.939. The second-order valence-corrected chi connectivity index (χ2v) is 5.60. The summed E-state index contributed by atoms with van der Waals surface area (Å²) in [6.45, 7) is 2.15. The molecular formula is C17H18Cl2O. The molecule has 1 nitrogen and oxygen atoms in total. The highest BCUT2D eigenvalue weighted by molar-refractivity contribution is 6.32. The van der Waals surface area contributed by atoms with Crippen LogP contribution < -0.4 is 4.74 Å². The van der Waals surface area contributed by atoms with Crippen molar-refractivity contribution in [2.45, 2.75) is 24.6 Å². The molecule has 106 valence electrons. The van der Waals surface area contributed by atoms with E-state index < -0.39 is 0 Å². The summed E-state index contributed by atoms with van der Waals surface area (Å²) in [6, 6.07) is 16.1. The number of methoxy groups -OCH3 is 1. The Kier molecular flexibility index (Phi) is 5.33. The van der Waals surface area contributed by atoms with Crippen LogP contribution in [0.5, 0.6) is 5.75 Å². The van der Waals surface area contributed by atoms with Crippen LogP contribution in [0.1, 0.15) is 35.8 Å². The summed E-state index contributed by atoms with van der Waals surface area (Å²) in [6.07, 6.45) is 0.974. The van der Waals surface area contributed by atoms with E-state index in [9.17, 15) is 0 Å². The second kappa shape index (κ2) is 7.01. The van der Waals surface area contributed by atoms with Gasteiger partial charge in [-0.15, -0.1) is 11.6 Å². The Balaban J connectivity index is 2.29. The third-order valence-corrected chi connectivity index (χ3v) is 4.37. The quantitative estimate of drug-likeness (QED) is 0.632. The predicted octanol–water partition coefficient (Wildman–Crippen LogP) is 5.82. The zero-order valence-electron chi connectivity index (χ0n) is 11.6. The van der Waals surface area contributed by atoms with Gasteiger partial charge in [-0.2, -0.15) is 0 Å². The molecule has 0 aliphatic heterocycles. The van der Waals surface area contributed by atoms with E-state index in [0.29, 0.717) is 10.8 Å². The number of hydrogen-bond donors (Lipinski definition) is 0. The molecule has 0 aromatic heterocycles. The highest BCUT2D eigenvalue weighted by atomic mass is 35.5. The monoisotopic (exact) mass is 308 g/mol. The average molecular weight is 309 g/mol. The van der Waals surface area contributed by atoms with Gasteiger partial charge in [0.15, 0.2) is 0 Å². The lowest BCUT2D eigenvalue weighted by Crippen LogP contribution is -2.05. The smallest absolute Gasteiger partial charge is 0.137 e. The Morgan fingerprint density at radius 2 is 1.75 bits per heavy atom. The highest BCUT2D eigenvalue weighted by Crippen LogP contribution is 2.40. The molecule has 2 atom stereocenters. The van der Waals surface area contributed by atoms with Crippen LogP contribution in [0.3, 0.4) is 0 Å². The lowest BCUT2D eigenvalue weighted by atomic mass is 9.89. The average Bonchev–Trinajstić information content (AvgIpc) is 2.49. The van der Waals surface area contributed by atoms with Crippen LogP contribution in [-0.2, 0) is 0 Å². The molecule has 0 saturated carbocycles. The van der Waals surface area contributed by atoms with Crippen LogP contribution in [0.15, 0.2) is 48.5 Å². The van der Waals surface area contributed by atoms with Gasteiger partial charge in [-0.1, -0.05) is 54.9 Å². The number of halogens is 2. The molecule has 0 spiro atoms. The molecule has 0 saturated heterocycles. The first-order valence-electron chi connectivity index (χ1n) is 6.69. The van der Waals surface area contributed by atoms with Gasteiger partial charge in [0, 0.05) is 5.92 Å². The Morgan fingerprint density at radius 3 is 2.30 bits per heavy atom. The summed E-state index contributed by atoms with van der Waals surface area (Å²) in [7, 11) is 1.61. The van der Waals surface area contributed by atoms with E-state index in [0.717, 1.165) is 12.0 Å². The minimum Gasteiger partial charge on any atom is -0.495 e. The van der Waals surface area contributed by atoms with Crippen molar-refractivity contribution in [3.8, 4) is 5.75 Å². The fourth-order valence-corrected chi connectivity index (χ4v) is 3.12. The summed E-state index contributed by atoms with van der Waals surface area (Å²) in [5, 5.41) is 0.490. The first-order valence-corrected chi connectivity index (χ1v) is 7.51. The van der Waals surface area contributed by atoms with Crippen molar-refractivity contribution in [2.24, 2.45) is 0 Å². The fraction of sp³-hybridized carbons (Fsp3) is 0.294. The van der Waals surface area contributed by atoms with Crippen molar-refractivity contribution in [3.63, 3.8) is 0 Å². The molecule has 0 bridgehead atoms. The van der Waals surface area contributed by atoms with Crippen LogP contribution in [-0.4, -0.2) is 7.11 Å². The summed E-state index contributed by atoms with van der Waals surface area (Å²) < 4.78 is 5.18. The Labute approximate surface area is 130 Å². The predicted molar refractivity (Wildman–Crippen MR) is 86.1 cm³/mol. The van der Waals surface area contributed by atoms with Gasteiger partial charge >= 0.3 is 0 Å². The summed E-state index contributed by atoms with van der Waals surface area (Å²) in [4.78, 5) is 0. The van der Waals surface area contributed by atoms with Crippen molar-refractivity contribution >= 4 is 23.2 Å². The van der Waals surface area contributed by atoms with Gasteiger partial charge in [-0.25, -0.2) is 0 Å². The third kappa shape index (κ3) is 3.28. The largest absolute Gasteiger partial charge is 0.495 e. The zero-order chi connectivity index (χ0) is 14.5. The van der Waals surface area contributed by atoms with Gasteiger partial charge < -0.3 is 4.74 Å². The summed E-state index contributed by atoms with van der Waals surface area (Å²) >= 11 is 12.9. The van der Waals surface area contributed by atoms with E-state index in [1.807, 2.05) is 36.4 Å². The van der Waals surface area contributed by atoms with Crippen LogP contribution >= 0.6 is 23.2 Å². The Hall–Kier alpha value is -1.18. The van der Waals surface area contributed by atoms with Gasteiger partial charge in [0.05, 0.1) is 17.5 Å². The number of benzene rings is 2. The van der Waals surface area contributed by atoms with E-state index in [1.165, 1.54) is 5.56 Å². The van der Waals surface area contributed by atoms with Gasteiger partial charge in [-0.05, 0) is 29.7 Å². The van der Waals surface area contributed by atoms with E-state index >= 15 is 0 Å². The molecule has 2 aromatic carbocycles. The van der Waals surface area contributed by atoms with Gasteiger partial charge in [-0.3, -0.25) is 0 Å². The number of hydrogen-bond acceptors (Lipinski definition) is 1. The molecule has 20 heavy (non-hydrogen) atoms. The van der Waals surface area contributed by atoms with Crippen LogP contribution in [0.2, 0.25) is 5.02 Å². The number of ether oxygens (including phenoxy) is 1. The minimum atomic E-state index is -0.106. The second-order valence-electron chi connectivity index (χ2n) is 4.72. The zero-order valence-corrected chi connectivity index (χ0v) is 13.2. The van der Waals surface area contributed by atoms with Gasteiger partial charge in [0.2, 0.25) is 0 Å². The molecule has 0 amide bonds. The van der Waals surface area contributed by atoms with E-state index in [1.54, 1.807) is 7.11 Å². The van der Waals surface area contributed by atoms with Crippen molar-refractivity contribution in [2.75, 3.05) is 7.11 Å². The van der Waals surface area contributed by atoms with E-state index in [-0.39, 0.29) is 11.3 Å². The first-order chi connectivity index (χ1) is 9.67. The Bertz CT molecular complexity index is 554. The molecule has 0 aliphatic rings. The molecule has 0 fully saturated rings. The van der Waals surface area contributed by atoms with Crippen molar-refractivity contribution in [1.29, 1.82) is 0 Å². The van der Waals surface area contributed by atoms with Crippen molar-refractivity contribution in [1.82, 2.24) is 0 Å². The molecule has 0 radical (unpaired) electrons. The molecule has 2 rings (SSSR count). The maximum atomic E-state index is 6.67. The molecule has 3 heteroatoms. The standard InChI is InChI=1S/C17H18Cl2O/c1-3-14(12-7-5-4-6-8-12)17(19)13-9-10-16(20-2)15(18)11-13/h4-11,14,17H,3H2,1-2H3. The minimum absolute atomic E-state index is 0.106. The van der Waals surface area contributed by atoms with Crippen LogP contribution in [0, 0.1) is 0 Å². The van der Waals surface area contributed by atoms with Crippen molar-refractivity contribution in [3.05, 3.63) is 64.7 Å². The lowest BCUT2D eigenvalue weighted by molar-refractivity contribution is 0.415. The maximum absolute atomic E-state index is 6.67. The molecule has 2 aromatic rings. The van der Waals surface area contributed by atoms with E-state index in [4.69, 9.17) is 27.9 Å². The maximum Gasteiger partial charge on any atom is 0.137 e. The third-order valence-electron chi connectivity index (χ3n) is 3.52. The van der Waals surface area contributed by atoms with Crippen LogP contribution in [0.4, 0.5) is 0 Å². The SMILES string of the molecule is CCC(c1ccccc1)C(Cl)c1ccc(OC)c(Cl)c1. The first kappa shape index (κ1) is 15.2. The summed E-state index contributed by atoms with van der Waals surface area (Å²) in [5.41, 5.74) is 2.27.